The Bertz CT molecular complexity index is 549. The summed E-state index contributed by atoms with van der Waals surface area (Å²) in [6.45, 7) is 4.13. The van der Waals surface area contributed by atoms with Gasteiger partial charge in [0.05, 0.1) is 5.75 Å². The second kappa shape index (κ2) is 6.16. The van der Waals surface area contributed by atoms with Crippen LogP contribution in [-0.4, -0.2) is 31.4 Å². The Kier molecular flexibility index (Phi) is 4.54. The summed E-state index contributed by atoms with van der Waals surface area (Å²) in [5.74, 6) is 1.44. The molecule has 0 fully saturated rings. The van der Waals surface area contributed by atoms with Crippen LogP contribution in [0.1, 0.15) is 25.6 Å². The molecule has 0 aromatic carbocycles. The minimum Gasteiger partial charge on any atom is -0.309 e. The molecule has 0 radical (unpaired) electrons. The van der Waals surface area contributed by atoms with Gasteiger partial charge in [-0.1, -0.05) is 25.6 Å². The smallest absolute Gasteiger partial charge is 0.236 e. The number of thiazole rings is 1. The van der Waals surface area contributed by atoms with E-state index in [1.54, 1.807) is 6.20 Å². The van der Waals surface area contributed by atoms with Crippen LogP contribution in [0.25, 0.3) is 0 Å². The molecule has 2 aromatic heterocycles. The van der Waals surface area contributed by atoms with E-state index >= 15 is 0 Å². The fourth-order valence-electron chi connectivity index (χ4n) is 1.53. The lowest BCUT2D eigenvalue weighted by Crippen LogP contribution is -2.14. The quantitative estimate of drug-likeness (QED) is 0.856. The first-order valence-electron chi connectivity index (χ1n) is 5.79. The summed E-state index contributed by atoms with van der Waals surface area (Å²) in [5.41, 5.74) is 0. The van der Waals surface area contributed by atoms with Crippen LogP contribution in [0, 0.1) is 0 Å². The van der Waals surface area contributed by atoms with E-state index in [-0.39, 0.29) is 5.91 Å². The van der Waals surface area contributed by atoms with Crippen molar-refractivity contribution in [2.24, 2.45) is 7.05 Å². The number of anilines is 1. The van der Waals surface area contributed by atoms with E-state index in [1.165, 1.54) is 23.1 Å². The van der Waals surface area contributed by atoms with Gasteiger partial charge in [-0.05, 0) is 0 Å². The first kappa shape index (κ1) is 14.0. The molecule has 19 heavy (non-hydrogen) atoms. The van der Waals surface area contributed by atoms with Crippen molar-refractivity contribution in [3.63, 3.8) is 0 Å². The average molecular weight is 297 g/mol. The van der Waals surface area contributed by atoms with Crippen LogP contribution in [0.4, 0.5) is 5.13 Å². The number of aromatic nitrogens is 4. The van der Waals surface area contributed by atoms with E-state index in [9.17, 15) is 4.79 Å². The summed E-state index contributed by atoms with van der Waals surface area (Å²) in [6.07, 6.45) is 1.66. The molecule has 8 heteroatoms. The lowest BCUT2D eigenvalue weighted by Gasteiger charge is -2.05. The van der Waals surface area contributed by atoms with Gasteiger partial charge < -0.3 is 9.88 Å². The summed E-state index contributed by atoms with van der Waals surface area (Å²) in [5, 5.41) is 14.1. The van der Waals surface area contributed by atoms with Crippen molar-refractivity contribution in [2.75, 3.05) is 11.1 Å². The Hall–Kier alpha value is -1.41. The van der Waals surface area contributed by atoms with E-state index in [2.05, 4.69) is 34.3 Å². The zero-order chi connectivity index (χ0) is 13.8. The molecule has 6 nitrogen and oxygen atoms in total. The predicted octanol–water partition coefficient (Wildman–Crippen LogP) is 2.13. The molecule has 0 aliphatic heterocycles. The summed E-state index contributed by atoms with van der Waals surface area (Å²) in [7, 11) is 1.91. The van der Waals surface area contributed by atoms with Gasteiger partial charge in [-0.15, -0.1) is 21.5 Å². The molecule has 1 N–H and O–H groups in total. The summed E-state index contributed by atoms with van der Waals surface area (Å²) in [6, 6.07) is 0. The Morgan fingerprint density at radius 1 is 1.53 bits per heavy atom. The zero-order valence-electron chi connectivity index (χ0n) is 11.0. The Morgan fingerprint density at radius 2 is 2.32 bits per heavy atom. The van der Waals surface area contributed by atoms with Gasteiger partial charge in [0.15, 0.2) is 10.3 Å². The van der Waals surface area contributed by atoms with Crippen molar-refractivity contribution in [2.45, 2.75) is 24.9 Å². The van der Waals surface area contributed by atoms with Gasteiger partial charge >= 0.3 is 0 Å². The van der Waals surface area contributed by atoms with Crippen LogP contribution in [0.3, 0.4) is 0 Å². The average Bonchev–Trinajstić information content (AvgIpc) is 2.96. The maximum absolute atomic E-state index is 11.7. The number of carbonyl (C=O) groups is 1. The van der Waals surface area contributed by atoms with Crippen LogP contribution in [-0.2, 0) is 11.8 Å². The first-order chi connectivity index (χ1) is 9.08. The molecular weight excluding hydrogens is 282 g/mol. The molecular formula is C11H15N5OS2. The Labute approximate surface area is 119 Å². The number of rotatable bonds is 5. The number of nitrogens with one attached hydrogen (secondary N) is 1. The summed E-state index contributed by atoms with van der Waals surface area (Å²) < 4.78 is 1.92. The lowest BCUT2D eigenvalue weighted by molar-refractivity contribution is -0.113. The highest BCUT2D eigenvalue weighted by atomic mass is 32.2. The normalized spacial score (nSPS) is 10.9. The largest absolute Gasteiger partial charge is 0.309 e. The summed E-state index contributed by atoms with van der Waals surface area (Å²) in [4.78, 5) is 15.7. The van der Waals surface area contributed by atoms with Crippen molar-refractivity contribution in [3.05, 3.63) is 17.4 Å². The first-order valence-corrected chi connectivity index (χ1v) is 7.66. The third-order valence-electron chi connectivity index (χ3n) is 2.40. The van der Waals surface area contributed by atoms with E-state index in [0.29, 0.717) is 16.8 Å². The molecule has 0 spiro atoms. The van der Waals surface area contributed by atoms with Gasteiger partial charge in [0, 0.05) is 24.5 Å². The van der Waals surface area contributed by atoms with Crippen molar-refractivity contribution in [1.82, 2.24) is 19.7 Å². The molecule has 0 unspecified atom stereocenters. The molecule has 2 aromatic rings. The minimum atomic E-state index is -0.0888. The number of carbonyl (C=O) groups excluding carboxylic acids is 1. The monoisotopic (exact) mass is 297 g/mol. The molecule has 102 valence electrons. The third-order valence-corrected chi connectivity index (χ3v) is 4.10. The highest BCUT2D eigenvalue weighted by molar-refractivity contribution is 7.99. The molecule has 2 heterocycles. The molecule has 0 saturated carbocycles. The Morgan fingerprint density at radius 3 is 2.89 bits per heavy atom. The predicted molar refractivity (Wildman–Crippen MR) is 76.6 cm³/mol. The van der Waals surface area contributed by atoms with Gasteiger partial charge in [-0.3, -0.25) is 4.79 Å². The molecule has 1 amide bonds. The second-order valence-corrected chi connectivity index (χ2v) is 6.07. The standard InChI is InChI=1S/C11H15N5OS2/c1-7(2)9-14-15-11(16(9)3)19-6-8(17)13-10-12-4-5-18-10/h4-5,7H,6H2,1-3H3,(H,12,13,17). The third kappa shape index (κ3) is 3.54. The molecule has 0 atom stereocenters. The molecule has 0 bridgehead atoms. The van der Waals surface area contributed by atoms with Crippen molar-refractivity contribution in [3.8, 4) is 0 Å². The number of hydrogen-bond acceptors (Lipinski definition) is 6. The van der Waals surface area contributed by atoms with E-state index in [0.717, 1.165) is 11.0 Å². The van der Waals surface area contributed by atoms with Gasteiger partial charge in [0.2, 0.25) is 5.91 Å². The highest BCUT2D eigenvalue weighted by Gasteiger charge is 2.13. The maximum Gasteiger partial charge on any atom is 0.236 e. The number of thioether (sulfide) groups is 1. The molecule has 0 aliphatic rings. The van der Waals surface area contributed by atoms with Crippen LogP contribution in [0.15, 0.2) is 16.7 Å². The highest BCUT2D eigenvalue weighted by Crippen LogP contribution is 2.20. The topological polar surface area (TPSA) is 72.7 Å². The van der Waals surface area contributed by atoms with Gasteiger partial charge in [0.1, 0.15) is 5.82 Å². The van der Waals surface area contributed by atoms with Gasteiger partial charge in [0.25, 0.3) is 0 Å². The van der Waals surface area contributed by atoms with E-state index in [4.69, 9.17) is 0 Å². The number of nitrogens with zero attached hydrogens (tertiary/aromatic N) is 4. The molecule has 0 saturated heterocycles. The Balaban J connectivity index is 1.90. The maximum atomic E-state index is 11.7. The van der Waals surface area contributed by atoms with Crippen LogP contribution in [0.5, 0.6) is 0 Å². The van der Waals surface area contributed by atoms with Crippen LogP contribution >= 0.6 is 23.1 Å². The SMILES string of the molecule is CC(C)c1nnc(SCC(=O)Nc2nccs2)n1C. The lowest BCUT2D eigenvalue weighted by atomic mass is 10.2. The van der Waals surface area contributed by atoms with Crippen molar-refractivity contribution in [1.29, 1.82) is 0 Å². The zero-order valence-corrected chi connectivity index (χ0v) is 12.6. The van der Waals surface area contributed by atoms with Gasteiger partial charge in [-0.2, -0.15) is 0 Å². The molecule has 0 aliphatic carbocycles. The summed E-state index contributed by atoms with van der Waals surface area (Å²) >= 11 is 2.77. The molecule has 2 rings (SSSR count). The van der Waals surface area contributed by atoms with E-state index in [1.807, 2.05) is 17.0 Å². The van der Waals surface area contributed by atoms with Crippen LogP contribution in [0.2, 0.25) is 0 Å². The van der Waals surface area contributed by atoms with Crippen LogP contribution < -0.4 is 5.32 Å². The fourth-order valence-corrected chi connectivity index (χ4v) is 2.79. The van der Waals surface area contributed by atoms with Gasteiger partial charge in [-0.25, -0.2) is 4.98 Å². The van der Waals surface area contributed by atoms with E-state index < -0.39 is 0 Å². The number of amides is 1. The minimum absolute atomic E-state index is 0.0888. The number of hydrogen-bond donors (Lipinski definition) is 1. The fraction of sp³-hybridized carbons (Fsp3) is 0.455. The van der Waals surface area contributed by atoms with Crippen molar-refractivity contribution >= 4 is 34.1 Å². The van der Waals surface area contributed by atoms with Crippen molar-refractivity contribution < 1.29 is 4.79 Å². The second-order valence-electron chi connectivity index (χ2n) is 4.23.